The molecule has 5 heterocycles. The molecule has 0 aromatic rings. The fraction of sp³-hybridized carbons (Fsp3) is 0.788. The number of epoxide rings is 1. The Hall–Kier alpha value is -2.63. The Balaban J connectivity index is 0.00000364. The molecule has 3 aliphatic carbocycles. The van der Waals surface area contributed by atoms with Crippen LogP contribution in [0.1, 0.15) is 41.0 Å². The molecule has 0 amide bonds. The van der Waals surface area contributed by atoms with E-state index in [0.29, 0.717) is 0 Å². The third-order valence-electron chi connectivity index (χ3n) is 13.4. The van der Waals surface area contributed by atoms with Gasteiger partial charge in [-0.3, -0.25) is 4.79 Å². The van der Waals surface area contributed by atoms with Gasteiger partial charge in [0.25, 0.3) is 5.79 Å². The van der Waals surface area contributed by atoms with Gasteiger partial charge in [-0.15, -0.1) is 0 Å². The average Bonchev–Trinajstić information content (AvgIpc) is 3.41. The summed E-state index contributed by atoms with van der Waals surface area (Å²) in [4.78, 5) is 40.6. The van der Waals surface area contributed by atoms with Gasteiger partial charge in [-0.05, 0) is 26.3 Å². The molecule has 15 heteroatoms. The number of rotatable bonds is 5. The molecule has 4 N–H and O–H groups in total. The van der Waals surface area contributed by atoms with Crippen LogP contribution in [-0.2, 0) is 52.3 Å². The zero-order valence-corrected chi connectivity index (χ0v) is 26.6. The Morgan fingerprint density at radius 2 is 1.73 bits per heavy atom. The summed E-state index contributed by atoms with van der Waals surface area (Å²) >= 11 is 0. The van der Waals surface area contributed by atoms with E-state index in [0.717, 1.165) is 14.2 Å². The van der Waals surface area contributed by atoms with Gasteiger partial charge in [0, 0.05) is 41.1 Å². The standard InChI is InChI=1S/C32H40O15.CH4/c1-6-7-18(34)45-16-11-15(33)28(23(36)40-4)12-43-19-20(28)29(16)13-44-31(39,24(37)41-5)22(29)26(2,21(19)35)32-17-10-14(27(32,3)47-32)30(38)8-9-42-25(30)46-17;/h6-9,14-17,19-22,25,33,35,38-39H,10-13H2,1-5H3;1H4/b7-6+;. The Morgan fingerprint density at radius 3 is 2.40 bits per heavy atom. The van der Waals surface area contributed by atoms with Crippen LogP contribution in [0.25, 0.3) is 0 Å². The first kappa shape index (κ1) is 33.8. The third-order valence-corrected chi connectivity index (χ3v) is 13.4. The molecule has 266 valence electrons. The van der Waals surface area contributed by atoms with Gasteiger partial charge in [-0.25, -0.2) is 9.59 Å². The van der Waals surface area contributed by atoms with Crippen LogP contribution in [0.15, 0.2) is 24.5 Å². The highest BCUT2D eigenvalue weighted by Gasteiger charge is 2.97. The molecule has 16 unspecified atom stereocenters. The van der Waals surface area contributed by atoms with E-state index in [9.17, 15) is 34.8 Å². The summed E-state index contributed by atoms with van der Waals surface area (Å²) in [6.45, 7) is 4.19. The fourth-order valence-corrected chi connectivity index (χ4v) is 11.8. The number of methoxy groups -OCH3 is 2. The van der Waals surface area contributed by atoms with Crippen molar-refractivity contribution in [3.05, 3.63) is 24.5 Å². The van der Waals surface area contributed by atoms with Crippen molar-refractivity contribution in [3.63, 3.8) is 0 Å². The molecule has 48 heavy (non-hydrogen) atoms. The van der Waals surface area contributed by atoms with Crippen LogP contribution in [0.2, 0.25) is 0 Å². The quantitative estimate of drug-likeness (QED) is 0.125. The van der Waals surface area contributed by atoms with Crippen LogP contribution in [0.5, 0.6) is 0 Å². The fourth-order valence-electron chi connectivity index (χ4n) is 11.8. The van der Waals surface area contributed by atoms with Crippen LogP contribution < -0.4 is 0 Å². The highest BCUT2D eigenvalue weighted by Crippen LogP contribution is 2.82. The van der Waals surface area contributed by atoms with Crippen LogP contribution in [-0.4, -0.2) is 125 Å². The molecule has 7 fully saturated rings. The second-order valence-electron chi connectivity index (χ2n) is 14.7. The van der Waals surface area contributed by atoms with E-state index in [4.69, 9.17) is 37.9 Å². The monoisotopic (exact) mass is 680 g/mol. The van der Waals surface area contributed by atoms with Crippen LogP contribution in [0, 0.1) is 34.0 Å². The number of fused-ring (bicyclic) bond motifs is 7. The normalized spacial score (nSPS) is 56.2. The van der Waals surface area contributed by atoms with Crippen molar-refractivity contribution in [2.24, 2.45) is 34.0 Å². The molecular formula is C33H44O15. The number of hydrogen-bond acceptors (Lipinski definition) is 15. The first-order chi connectivity index (χ1) is 22.1. The zero-order valence-electron chi connectivity index (χ0n) is 26.6. The minimum absolute atomic E-state index is 0. The topological polar surface area (TPSA) is 209 Å². The Kier molecular flexibility index (Phi) is 7.05. The van der Waals surface area contributed by atoms with E-state index in [-0.39, 0.29) is 26.9 Å². The number of aliphatic hydroxyl groups excluding tert-OH is 2. The molecule has 0 aromatic heterocycles. The van der Waals surface area contributed by atoms with Gasteiger partial charge in [-0.2, -0.15) is 0 Å². The van der Waals surface area contributed by atoms with E-state index in [1.807, 2.05) is 0 Å². The lowest BCUT2D eigenvalue weighted by Crippen LogP contribution is -2.79. The minimum atomic E-state index is -2.78. The average molecular weight is 681 g/mol. The van der Waals surface area contributed by atoms with Gasteiger partial charge in [0.1, 0.15) is 22.7 Å². The predicted molar refractivity (Wildman–Crippen MR) is 157 cm³/mol. The summed E-state index contributed by atoms with van der Waals surface area (Å²) in [5.41, 5.74) is -9.51. The smallest absolute Gasteiger partial charge is 0.366 e. The Bertz CT molecular complexity index is 1500. The molecule has 16 atom stereocenters. The third kappa shape index (κ3) is 3.27. The summed E-state index contributed by atoms with van der Waals surface area (Å²) in [5.74, 6) is -8.89. The molecule has 8 aliphatic rings. The molecule has 1 spiro atoms. The van der Waals surface area contributed by atoms with E-state index in [1.165, 1.54) is 24.5 Å². The number of allylic oxidation sites excluding steroid dienone is 1. The van der Waals surface area contributed by atoms with Crippen molar-refractivity contribution in [2.45, 2.75) is 100 Å². The molecule has 2 bridgehead atoms. The summed E-state index contributed by atoms with van der Waals surface area (Å²) in [6.07, 6.45) is -2.02. The molecule has 3 saturated carbocycles. The van der Waals surface area contributed by atoms with Crippen LogP contribution >= 0.6 is 0 Å². The summed E-state index contributed by atoms with van der Waals surface area (Å²) < 4.78 is 47.4. The number of carbonyl (C=O) groups excluding carboxylic acids is 3. The highest BCUT2D eigenvalue weighted by molar-refractivity contribution is 5.83. The number of carbonyl (C=O) groups is 3. The second kappa shape index (κ2) is 10.00. The second-order valence-corrected chi connectivity index (χ2v) is 14.7. The number of esters is 3. The van der Waals surface area contributed by atoms with Crippen LogP contribution in [0.3, 0.4) is 0 Å². The largest absolute Gasteiger partial charge is 0.469 e. The number of ether oxygens (including phenoxy) is 8. The van der Waals surface area contributed by atoms with E-state index < -0.39 is 118 Å². The van der Waals surface area contributed by atoms with Crippen molar-refractivity contribution in [2.75, 3.05) is 27.4 Å². The van der Waals surface area contributed by atoms with E-state index in [1.54, 1.807) is 20.8 Å². The SMILES string of the molecule is C.C/C=C/C(=O)OC1CC(O)C2(C(=O)OC)COC3C2C12COC(O)(C(=O)OC)C2C(C)(C12OC1(C)C1CC2OC2OC=CC21O)C3O. The predicted octanol–water partition coefficient (Wildman–Crippen LogP) is -0.528. The van der Waals surface area contributed by atoms with Gasteiger partial charge in [0.2, 0.25) is 6.29 Å². The lowest BCUT2D eigenvalue weighted by molar-refractivity contribution is -0.314. The maximum atomic E-state index is 13.8. The van der Waals surface area contributed by atoms with E-state index >= 15 is 0 Å². The van der Waals surface area contributed by atoms with Gasteiger partial charge in [-0.1, -0.05) is 20.4 Å². The number of hydrogen-bond donors (Lipinski definition) is 4. The van der Waals surface area contributed by atoms with Crippen molar-refractivity contribution in [3.8, 4) is 0 Å². The molecule has 5 aliphatic heterocycles. The lowest BCUT2D eigenvalue weighted by atomic mass is 9.37. The highest BCUT2D eigenvalue weighted by atomic mass is 16.7. The maximum absolute atomic E-state index is 13.8. The van der Waals surface area contributed by atoms with Crippen molar-refractivity contribution in [1.82, 2.24) is 0 Å². The van der Waals surface area contributed by atoms with Crippen LogP contribution in [0.4, 0.5) is 0 Å². The summed E-state index contributed by atoms with van der Waals surface area (Å²) in [7, 11) is 2.23. The van der Waals surface area contributed by atoms with Gasteiger partial charge < -0.3 is 58.3 Å². The van der Waals surface area contributed by atoms with Crippen molar-refractivity contribution in [1.29, 1.82) is 0 Å². The molecule has 0 aromatic carbocycles. The lowest BCUT2D eigenvalue weighted by Gasteiger charge is -2.65. The van der Waals surface area contributed by atoms with Gasteiger partial charge in [0.05, 0.1) is 58.1 Å². The van der Waals surface area contributed by atoms with E-state index in [2.05, 4.69) is 0 Å². The summed E-state index contributed by atoms with van der Waals surface area (Å²) in [6, 6.07) is 0. The molecule has 4 saturated heterocycles. The van der Waals surface area contributed by atoms with Crippen molar-refractivity contribution >= 4 is 17.9 Å². The minimum Gasteiger partial charge on any atom is -0.469 e. The van der Waals surface area contributed by atoms with Crippen molar-refractivity contribution < 1.29 is 72.7 Å². The summed E-state index contributed by atoms with van der Waals surface area (Å²) in [5, 5.41) is 48.7. The van der Waals surface area contributed by atoms with Gasteiger partial charge in [0.15, 0.2) is 5.60 Å². The molecule has 15 nitrogen and oxygen atoms in total. The zero-order chi connectivity index (χ0) is 33.7. The molecule has 8 rings (SSSR count). The maximum Gasteiger partial charge on any atom is 0.366 e. The Labute approximate surface area is 277 Å². The Morgan fingerprint density at radius 1 is 1.02 bits per heavy atom. The molecular weight excluding hydrogens is 636 g/mol. The van der Waals surface area contributed by atoms with Gasteiger partial charge >= 0.3 is 17.9 Å². The molecule has 0 radical (unpaired) electrons. The number of aliphatic hydroxyl groups is 4. The first-order valence-corrected chi connectivity index (χ1v) is 15.9. The first-order valence-electron chi connectivity index (χ1n) is 15.9.